The van der Waals surface area contributed by atoms with Crippen LogP contribution in [0.2, 0.25) is 0 Å². The number of benzene rings is 2. The van der Waals surface area contributed by atoms with Gasteiger partial charge in [0.2, 0.25) is 0 Å². The Balaban J connectivity index is 1.76. The molecular weight excluding hydrogens is 310 g/mol. The molecule has 120 valence electrons. The van der Waals surface area contributed by atoms with Crippen LogP contribution in [0.1, 0.15) is 22.8 Å². The lowest BCUT2D eigenvalue weighted by Crippen LogP contribution is -2.46. The minimum absolute atomic E-state index is 0.267. The normalized spacial score (nSPS) is 9.78. The molecule has 0 spiro atoms. The summed E-state index contributed by atoms with van der Waals surface area (Å²) in [5.41, 5.74) is 6.86. The third kappa shape index (κ3) is 5.60. The molecule has 0 aliphatic rings. The second-order valence-corrected chi connectivity index (χ2v) is 5.11. The van der Waals surface area contributed by atoms with E-state index in [1.54, 1.807) is 24.3 Å². The number of thiocarbonyl (C=S) groups is 1. The lowest BCUT2D eigenvalue weighted by atomic mass is 10.2. The number of hydrazine groups is 1. The number of hydrogen-bond donors (Lipinski definition) is 3. The van der Waals surface area contributed by atoms with E-state index in [0.29, 0.717) is 23.8 Å². The molecule has 0 radical (unpaired) electrons. The standard InChI is InChI=1S/C17H19N3O2S/c1-2-22-15-10-8-14(9-11-15)16(21)19-20-17(23)18-12-13-6-4-3-5-7-13/h3-11H,2,12H2,1H3,(H,19,21)(H2,18,20,23). The summed E-state index contributed by atoms with van der Waals surface area (Å²) in [4.78, 5) is 12.0. The minimum atomic E-state index is -0.267. The van der Waals surface area contributed by atoms with Crippen LogP contribution in [0.3, 0.4) is 0 Å². The summed E-state index contributed by atoms with van der Waals surface area (Å²) in [6, 6.07) is 16.8. The third-order valence-electron chi connectivity index (χ3n) is 3.01. The molecule has 0 unspecified atom stereocenters. The molecule has 23 heavy (non-hydrogen) atoms. The maximum absolute atomic E-state index is 12.0. The molecule has 0 aliphatic heterocycles. The summed E-state index contributed by atoms with van der Waals surface area (Å²) < 4.78 is 5.33. The Morgan fingerprint density at radius 3 is 2.39 bits per heavy atom. The van der Waals surface area contributed by atoms with Crippen molar-refractivity contribution in [1.29, 1.82) is 0 Å². The number of carbonyl (C=O) groups is 1. The van der Waals surface area contributed by atoms with E-state index in [1.165, 1.54) is 0 Å². The highest BCUT2D eigenvalue weighted by Crippen LogP contribution is 2.11. The number of rotatable bonds is 5. The van der Waals surface area contributed by atoms with Crippen molar-refractivity contribution in [3.63, 3.8) is 0 Å². The van der Waals surface area contributed by atoms with Crippen LogP contribution in [-0.2, 0) is 6.54 Å². The van der Waals surface area contributed by atoms with Crippen molar-refractivity contribution in [1.82, 2.24) is 16.2 Å². The number of hydrogen-bond acceptors (Lipinski definition) is 3. The average Bonchev–Trinajstić information content (AvgIpc) is 2.59. The van der Waals surface area contributed by atoms with Gasteiger partial charge in [-0.1, -0.05) is 30.3 Å². The fourth-order valence-electron chi connectivity index (χ4n) is 1.88. The van der Waals surface area contributed by atoms with E-state index in [4.69, 9.17) is 17.0 Å². The number of carbonyl (C=O) groups excluding carboxylic acids is 1. The van der Waals surface area contributed by atoms with E-state index in [-0.39, 0.29) is 5.91 Å². The Kier molecular flexibility index (Phi) is 6.38. The Labute approximate surface area is 141 Å². The monoisotopic (exact) mass is 329 g/mol. The van der Waals surface area contributed by atoms with Crippen molar-refractivity contribution in [2.45, 2.75) is 13.5 Å². The van der Waals surface area contributed by atoms with Gasteiger partial charge in [0.05, 0.1) is 6.61 Å². The first-order chi connectivity index (χ1) is 11.2. The molecule has 0 saturated carbocycles. The molecular formula is C17H19N3O2S. The van der Waals surface area contributed by atoms with Gasteiger partial charge in [0, 0.05) is 12.1 Å². The van der Waals surface area contributed by atoms with Crippen molar-refractivity contribution >= 4 is 23.2 Å². The predicted molar refractivity (Wildman–Crippen MR) is 94.1 cm³/mol. The van der Waals surface area contributed by atoms with Crippen molar-refractivity contribution in [3.8, 4) is 5.75 Å². The molecule has 2 aromatic rings. The van der Waals surface area contributed by atoms with Crippen molar-refractivity contribution in [3.05, 3.63) is 65.7 Å². The van der Waals surface area contributed by atoms with Gasteiger partial charge in [-0.2, -0.15) is 0 Å². The van der Waals surface area contributed by atoms with Gasteiger partial charge in [-0.05, 0) is 49.0 Å². The summed E-state index contributed by atoms with van der Waals surface area (Å²) >= 11 is 5.12. The van der Waals surface area contributed by atoms with Crippen LogP contribution in [0.5, 0.6) is 5.75 Å². The highest BCUT2D eigenvalue weighted by Gasteiger charge is 2.06. The Hall–Kier alpha value is -2.60. The van der Waals surface area contributed by atoms with E-state index in [0.717, 1.165) is 11.3 Å². The first kappa shape index (κ1) is 16.8. The van der Waals surface area contributed by atoms with Gasteiger partial charge in [-0.3, -0.25) is 15.6 Å². The SMILES string of the molecule is CCOc1ccc(C(=O)NNC(=S)NCc2ccccc2)cc1. The van der Waals surface area contributed by atoms with E-state index in [9.17, 15) is 4.79 Å². The molecule has 0 heterocycles. The van der Waals surface area contributed by atoms with Crippen LogP contribution in [0.25, 0.3) is 0 Å². The fraction of sp³-hybridized carbons (Fsp3) is 0.176. The molecule has 3 N–H and O–H groups in total. The Morgan fingerprint density at radius 2 is 1.74 bits per heavy atom. The number of ether oxygens (including phenoxy) is 1. The Bertz CT molecular complexity index is 645. The highest BCUT2D eigenvalue weighted by molar-refractivity contribution is 7.80. The van der Waals surface area contributed by atoms with E-state index in [1.807, 2.05) is 37.3 Å². The first-order valence-corrected chi connectivity index (χ1v) is 7.71. The molecule has 0 bridgehead atoms. The molecule has 0 atom stereocenters. The largest absolute Gasteiger partial charge is 0.494 e. The summed E-state index contributed by atoms with van der Waals surface area (Å²) in [6.07, 6.45) is 0. The molecule has 0 fully saturated rings. The zero-order valence-electron chi connectivity index (χ0n) is 12.8. The van der Waals surface area contributed by atoms with Gasteiger partial charge >= 0.3 is 0 Å². The van der Waals surface area contributed by atoms with Crippen molar-refractivity contribution < 1.29 is 9.53 Å². The highest BCUT2D eigenvalue weighted by atomic mass is 32.1. The molecule has 6 heteroatoms. The van der Waals surface area contributed by atoms with Crippen LogP contribution >= 0.6 is 12.2 Å². The molecule has 2 rings (SSSR count). The van der Waals surface area contributed by atoms with Crippen LogP contribution in [0.4, 0.5) is 0 Å². The maximum Gasteiger partial charge on any atom is 0.269 e. The molecule has 2 aromatic carbocycles. The van der Waals surface area contributed by atoms with Gasteiger partial charge < -0.3 is 10.1 Å². The smallest absolute Gasteiger partial charge is 0.269 e. The van der Waals surface area contributed by atoms with Gasteiger partial charge in [0.25, 0.3) is 5.91 Å². The first-order valence-electron chi connectivity index (χ1n) is 7.30. The van der Waals surface area contributed by atoms with Crippen LogP contribution in [0.15, 0.2) is 54.6 Å². The topological polar surface area (TPSA) is 62.4 Å². The average molecular weight is 329 g/mol. The maximum atomic E-state index is 12.0. The van der Waals surface area contributed by atoms with Gasteiger partial charge in [0.15, 0.2) is 5.11 Å². The van der Waals surface area contributed by atoms with Gasteiger partial charge in [-0.15, -0.1) is 0 Å². The van der Waals surface area contributed by atoms with Crippen molar-refractivity contribution in [2.75, 3.05) is 6.61 Å². The van der Waals surface area contributed by atoms with Crippen LogP contribution in [0, 0.1) is 0 Å². The van der Waals surface area contributed by atoms with Crippen molar-refractivity contribution in [2.24, 2.45) is 0 Å². The van der Waals surface area contributed by atoms with E-state index < -0.39 is 0 Å². The van der Waals surface area contributed by atoms with Crippen LogP contribution in [-0.4, -0.2) is 17.6 Å². The van der Waals surface area contributed by atoms with Crippen LogP contribution < -0.4 is 20.9 Å². The number of nitrogens with one attached hydrogen (secondary N) is 3. The van der Waals surface area contributed by atoms with Gasteiger partial charge in [-0.25, -0.2) is 0 Å². The summed E-state index contributed by atoms with van der Waals surface area (Å²) in [5.74, 6) is 0.467. The zero-order chi connectivity index (χ0) is 16.5. The fourth-order valence-corrected chi connectivity index (χ4v) is 2.00. The quantitative estimate of drug-likeness (QED) is 0.581. The second kappa shape index (κ2) is 8.75. The lowest BCUT2D eigenvalue weighted by Gasteiger charge is -2.12. The lowest BCUT2D eigenvalue weighted by molar-refractivity contribution is 0.0943. The second-order valence-electron chi connectivity index (χ2n) is 4.70. The molecule has 0 saturated heterocycles. The minimum Gasteiger partial charge on any atom is -0.494 e. The molecule has 5 nitrogen and oxygen atoms in total. The molecule has 1 amide bonds. The van der Waals surface area contributed by atoms with E-state index >= 15 is 0 Å². The predicted octanol–water partition coefficient (Wildman–Crippen LogP) is 2.39. The summed E-state index contributed by atoms with van der Waals surface area (Å²) in [5, 5.41) is 3.37. The molecule has 0 aliphatic carbocycles. The molecule has 0 aromatic heterocycles. The number of amides is 1. The summed E-state index contributed by atoms with van der Waals surface area (Å²) in [7, 11) is 0. The van der Waals surface area contributed by atoms with Gasteiger partial charge in [0.1, 0.15) is 5.75 Å². The third-order valence-corrected chi connectivity index (χ3v) is 3.26. The summed E-state index contributed by atoms with van der Waals surface area (Å²) in [6.45, 7) is 3.09. The zero-order valence-corrected chi connectivity index (χ0v) is 13.7. The Morgan fingerprint density at radius 1 is 1.04 bits per heavy atom. The van der Waals surface area contributed by atoms with E-state index in [2.05, 4.69) is 16.2 Å².